The maximum Gasteiger partial charge on any atom is 0.218 e. The van der Waals surface area contributed by atoms with Crippen molar-refractivity contribution in [3.05, 3.63) is 0 Å². The minimum atomic E-state index is -3.08. The van der Waals surface area contributed by atoms with Gasteiger partial charge in [-0.25, -0.2) is 12.7 Å². The first-order valence-electron chi connectivity index (χ1n) is 7.51. The van der Waals surface area contributed by atoms with Gasteiger partial charge in [-0.15, -0.1) is 0 Å². The summed E-state index contributed by atoms with van der Waals surface area (Å²) >= 11 is 0. The fourth-order valence-corrected chi connectivity index (χ4v) is 5.20. The van der Waals surface area contributed by atoms with Gasteiger partial charge >= 0.3 is 0 Å². The third-order valence-corrected chi connectivity index (χ3v) is 7.04. The molecule has 0 bridgehead atoms. The number of hydrogen-bond donors (Lipinski definition) is 1. The Hall–Kier alpha value is -0.130. The molecule has 0 saturated carbocycles. The highest BCUT2D eigenvalue weighted by Crippen LogP contribution is 2.35. The maximum atomic E-state index is 12.6. The first-order chi connectivity index (χ1) is 8.82. The average molecular weight is 288 g/mol. The summed E-state index contributed by atoms with van der Waals surface area (Å²) in [5.41, 5.74) is 0.294. The van der Waals surface area contributed by atoms with E-state index in [-0.39, 0.29) is 5.25 Å². The van der Waals surface area contributed by atoms with Crippen molar-refractivity contribution in [2.45, 2.75) is 51.7 Å². The van der Waals surface area contributed by atoms with Crippen LogP contribution in [0.15, 0.2) is 0 Å². The molecule has 0 aromatic carbocycles. The first kappa shape index (κ1) is 15.3. The molecule has 0 amide bonds. The van der Waals surface area contributed by atoms with Gasteiger partial charge in [0.05, 0.1) is 5.25 Å². The lowest BCUT2D eigenvalue weighted by Gasteiger charge is -2.39. The highest BCUT2D eigenvalue weighted by molar-refractivity contribution is 7.89. The van der Waals surface area contributed by atoms with Crippen molar-refractivity contribution in [2.75, 3.05) is 26.2 Å². The smallest absolute Gasteiger partial charge is 0.218 e. The minimum Gasteiger partial charge on any atom is -0.315 e. The van der Waals surface area contributed by atoms with Gasteiger partial charge in [-0.1, -0.05) is 20.8 Å². The highest BCUT2D eigenvalue weighted by atomic mass is 32.2. The molecule has 2 saturated heterocycles. The van der Waals surface area contributed by atoms with Gasteiger partial charge in [0.25, 0.3) is 0 Å². The Kier molecular flexibility index (Phi) is 4.58. The van der Waals surface area contributed by atoms with Crippen molar-refractivity contribution in [3.63, 3.8) is 0 Å². The molecule has 4 nitrogen and oxygen atoms in total. The van der Waals surface area contributed by atoms with Crippen LogP contribution in [-0.4, -0.2) is 44.2 Å². The topological polar surface area (TPSA) is 49.4 Å². The van der Waals surface area contributed by atoms with Gasteiger partial charge in [0, 0.05) is 19.6 Å². The van der Waals surface area contributed by atoms with Crippen LogP contribution in [0.4, 0.5) is 0 Å². The molecule has 0 radical (unpaired) electrons. The van der Waals surface area contributed by atoms with Gasteiger partial charge in [-0.05, 0) is 43.6 Å². The fraction of sp³-hybridized carbons (Fsp3) is 1.00. The van der Waals surface area contributed by atoms with E-state index in [9.17, 15) is 8.42 Å². The Morgan fingerprint density at radius 3 is 2.21 bits per heavy atom. The molecule has 2 aliphatic rings. The van der Waals surface area contributed by atoms with E-state index in [1.807, 2.05) is 0 Å². The van der Waals surface area contributed by atoms with Gasteiger partial charge in [-0.2, -0.15) is 0 Å². The van der Waals surface area contributed by atoms with Crippen molar-refractivity contribution in [2.24, 2.45) is 11.3 Å². The van der Waals surface area contributed by atoms with E-state index in [0.717, 1.165) is 32.2 Å². The monoisotopic (exact) mass is 288 g/mol. The van der Waals surface area contributed by atoms with Gasteiger partial charge in [0.15, 0.2) is 0 Å². The van der Waals surface area contributed by atoms with Crippen molar-refractivity contribution in [1.29, 1.82) is 0 Å². The third-order valence-electron chi connectivity index (χ3n) is 4.71. The second-order valence-corrected chi connectivity index (χ2v) is 9.27. The number of piperidine rings is 2. The minimum absolute atomic E-state index is 0.201. The summed E-state index contributed by atoms with van der Waals surface area (Å²) in [6, 6.07) is 0. The van der Waals surface area contributed by atoms with E-state index in [1.54, 1.807) is 4.31 Å². The van der Waals surface area contributed by atoms with Crippen molar-refractivity contribution in [1.82, 2.24) is 9.62 Å². The molecule has 2 aliphatic heterocycles. The van der Waals surface area contributed by atoms with Crippen LogP contribution < -0.4 is 5.32 Å². The number of sulfonamides is 1. The molecule has 1 atom stereocenters. The van der Waals surface area contributed by atoms with Crippen molar-refractivity contribution in [3.8, 4) is 0 Å². The molecule has 0 aromatic heterocycles. The molecule has 0 aliphatic carbocycles. The molecule has 0 aromatic rings. The normalized spacial score (nSPS) is 28.5. The molecule has 0 spiro atoms. The molecule has 19 heavy (non-hydrogen) atoms. The number of nitrogens with one attached hydrogen (secondary N) is 1. The predicted molar refractivity (Wildman–Crippen MR) is 78.6 cm³/mol. The van der Waals surface area contributed by atoms with Crippen LogP contribution in [-0.2, 0) is 10.0 Å². The van der Waals surface area contributed by atoms with Crippen LogP contribution in [0, 0.1) is 11.3 Å². The van der Waals surface area contributed by atoms with Gasteiger partial charge in [-0.3, -0.25) is 0 Å². The molecule has 2 fully saturated rings. The Labute approximate surface area is 118 Å². The molecule has 2 rings (SSSR count). The molecule has 112 valence electrons. The van der Waals surface area contributed by atoms with Gasteiger partial charge < -0.3 is 5.32 Å². The largest absolute Gasteiger partial charge is 0.315 e. The van der Waals surface area contributed by atoms with Crippen molar-refractivity contribution < 1.29 is 8.42 Å². The summed E-state index contributed by atoms with van der Waals surface area (Å²) in [6.07, 6.45) is 3.79. The zero-order valence-electron chi connectivity index (χ0n) is 12.5. The summed E-state index contributed by atoms with van der Waals surface area (Å²) < 4.78 is 26.9. The Morgan fingerprint density at radius 1 is 1.11 bits per heavy atom. The third kappa shape index (κ3) is 3.50. The standard InChI is InChI=1S/C14H28N2O2S/c1-14(2,3)12-6-9-16(10-7-12)19(17,18)13-5-4-8-15-11-13/h12-13,15H,4-11H2,1-3H3. The summed E-state index contributed by atoms with van der Waals surface area (Å²) in [4.78, 5) is 0. The summed E-state index contributed by atoms with van der Waals surface area (Å²) in [5.74, 6) is 0.642. The first-order valence-corrected chi connectivity index (χ1v) is 9.02. The molecular formula is C14H28N2O2S. The summed E-state index contributed by atoms with van der Waals surface area (Å²) in [7, 11) is -3.08. The zero-order valence-corrected chi connectivity index (χ0v) is 13.3. The summed E-state index contributed by atoms with van der Waals surface area (Å²) in [6.45, 7) is 9.77. The van der Waals surface area contributed by atoms with Crippen LogP contribution in [0.1, 0.15) is 46.5 Å². The van der Waals surface area contributed by atoms with E-state index in [0.29, 0.717) is 31.0 Å². The lowest BCUT2D eigenvalue weighted by molar-refractivity contribution is 0.153. The van der Waals surface area contributed by atoms with E-state index in [1.165, 1.54) is 0 Å². The molecular weight excluding hydrogens is 260 g/mol. The Morgan fingerprint density at radius 2 is 1.74 bits per heavy atom. The predicted octanol–water partition coefficient (Wildman–Crippen LogP) is 1.83. The maximum absolute atomic E-state index is 12.6. The van der Waals surface area contributed by atoms with Gasteiger partial charge in [0.1, 0.15) is 0 Å². The molecule has 1 N–H and O–H groups in total. The van der Waals surface area contributed by atoms with E-state index >= 15 is 0 Å². The number of rotatable bonds is 2. The van der Waals surface area contributed by atoms with Crippen LogP contribution in [0.5, 0.6) is 0 Å². The van der Waals surface area contributed by atoms with Crippen LogP contribution >= 0.6 is 0 Å². The Bertz CT molecular complexity index is 386. The fourth-order valence-electron chi connectivity index (χ4n) is 3.26. The van der Waals surface area contributed by atoms with E-state index in [2.05, 4.69) is 26.1 Å². The van der Waals surface area contributed by atoms with Crippen LogP contribution in [0.2, 0.25) is 0 Å². The number of hydrogen-bond acceptors (Lipinski definition) is 3. The van der Waals surface area contributed by atoms with Gasteiger partial charge in [0.2, 0.25) is 10.0 Å². The average Bonchev–Trinajstić information content (AvgIpc) is 2.39. The Balaban J connectivity index is 1.96. The lowest BCUT2D eigenvalue weighted by atomic mass is 9.76. The zero-order chi connectivity index (χ0) is 14.1. The van der Waals surface area contributed by atoms with Crippen LogP contribution in [0.3, 0.4) is 0 Å². The lowest BCUT2D eigenvalue weighted by Crippen LogP contribution is -2.49. The second kappa shape index (κ2) is 5.70. The quantitative estimate of drug-likeness (QED) is 0.843. The highest BCUT2D eigenvalue weighted by Gasteiger charge is 2.37. The second-order valence-electron chi connectivity index (χ2n) is 7.05. The SMILES string of the molecule is CC(C)(C)C1CCN(S(=O)(=O)C2CCCNC2)CC1. The van der Waals surface area contributed by atoms with E-state index < -0.39 is 10.0 Å². The van der Waals surface area contributed by atoms with E-state index in [4.69, 9.17) is 0 Å². The molecule has 1 unspecified atom stereocenters. The number of nitrogens with zero attached hydrogens (tertiary/aromatic N) is 1. The molecule has 2 heterocycles. The summed E-state index contributed by atoms with van der Waals surface area (Å²) in [5, 5.41) is 3.01. The molecule has 5 heteroatoms. The van der Waals surface area contributed by atoms with Crippen molar-refractivity contribution >= 4 is 10.0 Å². The van der Waals surface area contributed by atoms with Crippen LogP contribution in [0.25, 0.3) is 0 Å².